The van der Waals surface area contributed by atoms with Crippen LogP contribution in [0.1, 0.15) is 17.2 Å². The summed E-state index contributed by atoms with van der Waals surface area (Å²) in [6.45, 7) is 2.79. The highest BCUT2D eigenvalue weighted by Crippen LogP contribution is 2.45. The zero-order valence-corrected chi connectivity index (χ0v) is 14.2. The van der Waals surface area contributed by atoms with Crippen molar-refractivity contribution in [1.82, 2.24) is 19.3 Å². The van der Waals surface area contributed by atoms with Gasteiger partial charge in [-0.15, -0.1) is 0 Å². The number of rotatable bonds is 5. The molecule has 0 aromatic carbocycles. The first kappa shape index (κ1) is 19.0. The molecule has 0 aliphatic carbocycles. The molecule has 0 radical (unpaired) electrons. The van der Waals surface area contributed by atoms with Crippen LogP contribution < -0.4 is 0 Å². The van der Waals surface area contributed by atoms with Crippen molar-refractivity contribution in [3.8, 4) is 0 Å². The summed E-state index contributed by atoms with van der Waals surface area (Å²) in [4.78, 5) is 15.8. The number of nitrogens with zero attached hydrogens (tertiary/aromatic N) is 4. The lowest BCUT2D eigenvalue weighted by atomic mass is 9.85. The minimum Gasteiger partial charge on any atom is -0.469 e. The molecular formula is C15H19F3N4O3. The summed E-state index contributed by atoms with van der Waals surface area (Å²) in [5, 5.41) is 14.7. The van der Waals surface area contributed by atoms with Gasteiger partial charge in [-0.25, -0.2) is 4.98 Å². The lowest BCUT2D eigenvalue weighted by Crippen LogP contribution is -2.54. The molecule has 2 atom stereocenters. The Bertz CT molecular complexity index is 768. The predicted molar refractivity (Wildman–Crippen MR) is 80.4 cm³/mol. The summed E-state index contributed by atoms with van der Waals surface area (Å²) in [7, 11) is 2.27. The van der Waals surface area contributed by atoms with E-state index in [0.717, 1.165) is 17.9 Å². The van der Waals surface area contributed by atoms with Crippen molar-refractivity contribution in [3.63, 3.8) is 0 Å². The van der Waals surface area contributed by atoms with Crippen LogP contribution in [-0.4, -0.2) is 43.7 Å². The van der Waals surface area contributed by atoms with E-state index in [1.54, 1.807) is 19.9 Å². The molecule has 2 aromatic rings. The summed E-state index contributed by atoms with van der Waals surface area (Å²) in [5.74, 6) is -3.90. The monoisotopic (exact) mass is 360 g/mol. The number of esters is 1. The van der Waals surface area contributed by atoms with Crippen LogP contribution in [0.15, 0.2) is 18.5 Å². The zero-order chi connectivity index (χ0) is 19.0. The topological polar surface area (TPSA) is 82.2 Å². The van der Waals surface area contributed by atoms with Crippen LogP contribution >= 0.6 is 0 Å². The molecule has 2 aromatic heterocycles. The number of carbonyl (C=O) groups is 1. The number of methoxy groups -OCH3 is 1. The van der Waals surface area contributed by atoms with Crippen LogP contribution in [0.25, 0.3) is 0 Å². The highest BCUT2D eigenvalue weighted by molar-refractivity contribution is 5.74. The van der Waals surface area contributed by atoms with E-state index in [1.165, 1.54) is 17.9 Å². The van der Waals surface area contributed by atoms with Gasteiger partial charge >= 0.3 is 12.1 Å². The Morgan fingerprint density at radius 1 is 1.40 bits per heavy atom. The van der Waals surface area contributed by atoms with Crippen LogP contribution in [0.3, 0.4) is 0 Å². The normalized spacial score (nSPS) is 15.7. The number of halogens is 3. The molecule has 2 unspecified atom stereocenters. The third-order valence-electron chi connectivity index (χ3n) is 4.04. The largest absolute Gasteiger partial charge is 0.469 e. The van der Waals surface area contributed by atoms with Crippen molar-refractivity contribution in [2.45, 2.75) is 32.2 Å². The smallest absolute Gasteiger partial charge is 0.425 e. The molecular weight excluding hydrogens is 341 g/mol. The van der Waals surface area contributed by atoms with Crippen molar-refractivity contribution in [1.29, 1.82) is 0 Å². The van der Waals surface area contributed by atoms with Crippen LogP contribution in [0.5, 0.6) is 0 Å². The second-order valence-electron chi connectivity index (χ2n) is 5.81. The Kier molecular flexibility index (Phi) is 4.94. The van der Waals surface area contributed by atoms with E-state index in [2.05, 4.69) is 14.8 Å². The summed E-state index contributed by atoms with van der Waals surface area (Å²) in [5.41, 5.74) is -2.41. The van der Waals surface area contributed by atoms with Gasteiger partial charge in [0.15, 0.2) is 5.82 Å². The summed E-state index contributed by atoms with van der Waals surface area (Å²) in [6.07, 6.45) is -2.80. The fraction of sp³-hybridized carbons (Fsp3) is 0.533. The van der Waals surface area contributed by atoms with E-state index < -0.39 is 36.0 Å². The van der Waals surface area contributed by atoms with Gasteiger partial charge in [0.25, 0.3) is 0 Å². The lowest BCUT2D eigenvalue weighted by molar-refractivity contribution is -0.291. The van der Waals surface area contributed by atoms with Crippen LogP contribution in [0, 0.1) is 19.8 Å². The Labute approximate surface area is 142 Å². The number of hydrogen-bond acceptors (Lipinski definition) is 5. The number of hydrogen-bond donors (Lipinski definition) is 1. The maximum Gasteiger partial charge on any atom is 0.425 e. The molecule has 0 aliphatic heterocycles. The third kappa shape index (κ3) is 3.26. The molecule has 138 valence electrons. The van der Waals surface area contributed by atoms with E-state index in [4.69, 9.17) is 0 Å². The molecule has 2 rings (SSSR count). The van der Waals surface area contributed by atoms with Crippen LogP contribution in [0.2, 0.25) is 0 Å². The molecule has 7 nitrogen and oxygen atoms in total. The number of imidazole rings is 1. The van der Waals surface area contributed by atoms with Gasteiger partial charge in [0.05, 0.1) is 19.3 Å². The first-order chi connectivity index (χ1) is 11.5. The Morgan fingerprint density at radius 3 is 2.44 bits per heavy atom. The average molecular weight is 360 g/mol. The zero-order valence-electron chi connectivity index (χ0n) is 14.2. The van der Waals surface area contributed by atoms with Gasteiger partial charge in [0.2, 0.25) is 5.60 Å². The quantitative estimate of drug-likeness (QED) is 0.817. The number of alkyl halides is 3. The van der Waals surface area contributed by atoms with Crippen molar-refractivity contribution < 1.29 is 27.8 Å². The first-order valence-corrected chi connectivity index (χ1v) is 7.38. The summed E-state index contributed by atoms with van der Waals surface area (Å²) in [6, 6.07) is 1.65. The van der Waals surface area contributed by atoms with E-state index in [1.807, 2.05) is 0 Å². The van der Waals surface area contributed by atoms with Gasteiger partial charge in [0, 0.05) is 25.1 Å². The Hall–Kier alpha value is -2.36. The minimum absolute atomic E-state index is 0.519. The number of aryl methyl sites for hydroxylation is 3. The summed E-state index contributed by atoms with van der Waals surface area (Å²) < 4.78 is 48.4. The molecule has 0 bridgehead atoms. The SMILES string of the molecule is COC(=O)C(Cn1nc(C)cc1C)C(O)(c1nccn1C)C(F)(F)F. The highest BCUT2D eigenvalue weighted by Gasteiger charge is 2.64. The number of carbonyl (C=O) groups excluding carboxylic acids is 1. The predicted octanol–water partition coefficient (Wildman–Crippen LogP) is 1.47. The summed E-state index contributed by atoms with van der Waals surface area (Å²) >= 11 is 0. The van der Waals surface area contributed by atoms with E-state index in [9.17, 15) is 23.1 Å². The molecule has 0 fully saturated rings. The standard InChI is InChI=1S/C15H19F3N4O3/c1-9-7-10(2)22(20-9)8-11(12(23)25-4)14(24,15(16,17)18)13-19-5-6-21(13)3/h5-7,11,24H,8H2,1-4H3. The van der Waals surface area contributed by atoms with Gasteiger partial charge in [-0.3, -0.25) is 9.48 Å². The molecule has 0 saturated heterocycles. The number of aromatic nitrogens is 4. The maximum absolute atomic E-state index is 13.9. The second-order valence-corrected chi connectivity index (χ2v) is 5.81. The molecule has 25 heavy (non-hydrogen) atoms. The van der Waals surface area contributed by atoms with Crippen molar-refractivity contribution in [2.24, 2.45) is 13.0 Å². The lowest BCUT2D eigenvalue weighted by Gasteiger charge is -2.35. The minimum atomic E-state index is -5.17. The fourth-order valence-corrected chi connectivity index (χ4v) is 2.77. The second kappa shape index (κ2) is 6.51. The Balaban J connectivity index is 2.61. The van der Waals surface area contributed by atoms with Crippen molar-refractivity contribution in [3.05, 3.63) is 35.7 Å². The molecule has 10 heteroatoms. The van der Waals surface area contributed by atoms with E-state index >= 15 is 0 Å². The van der Waals surface area contributed by atoms with Gasteiger partial charge in [-0.2, -0.15) is 18.3 Å². The average Bonchev–Trinajstić information content (AvgIpc) is 3.07. The molecule has 0 amide bonds. The maximum atomic E-state index is 13.9. The molecule has 2 heterocycles. The fourth-order valence-electron chi connectivity index (χ4n) is 2.77. The van der Waals surface area contributed by atoms with Crippen molar-refractivity contribution in [2.75, 3.05) is 7.11 Å². The van der Waals surface area contributed by atoms with Crippen molar-refractivity contribution >= 4 is 5.97 Å². The van der Waals surface area contributed by atoms with Gasteiger partial charge in [-0.05, 0) is 19.9 Å². The Morgan fingerprint density at radius 2 is 2.04 bits per heavy atom. The van der Waals surface area contributed by atoms with Gasteiger partial charge < -0.3 is 14.4 Å². The molecule has 0 saturated carbocycles. The molecule has 0 spiro atoms. The number of ether oxygens (including phenoxy) is 1. The molecule has 1 N–H and O–H groups in total. The molecule has 0 aliphatic rings. The van der Waals surface area contributed by atoms with E-state index in [-0.39, 0.29) is 0 Å². The van der Waals surface area contributed by atoms with Gasteiger partial charge in [0.1, 0.15) is 5.92 Å². The van der Waals surface area contributed by atoms with E-state index in [0.29, 0.717) is 11.4 Å². The van der Waals surface area contributed by atoms with Crippen LogP contribution in [0.4, 0.5) is 13.2 Å². The number of aliphatic hydroxyl groups is 1. The first-order valence-electron chi connectivity index (χ1n) is 7.38. The third-order valence-corrected chi connectivity index (χ3v) is 4.04. The highest BCUT2D eigenvalue weighted by atomic mass is 19.4. The van der Waals surface area contributed by atoms with Gasteiger partial charge in [-0.1, -0.05) is 0 Å². The van der Waals surface area contributed by atoms with Crippen LogP contribution in [-0.2, 0) is 28.7 Å².